The van der Waals surface area contributed by atoms with Gasteiger partial charge in [-0.2, -0.15) is 10.2 Å². The zero-order valence-electron chi connectivity index (χ0n) is 21.7. The zero-order chi connectivity index (χ0) is 26.2. The van der Waals surface area contributed by atoms with Crippen molar-refractivity contribution in [3.05, 3.63) is 35.3 Å². The number of ether oxygens (including phenoxy) is 1. The van der Waals surface area contributed by atoms with Crippen LogP contribution in [0.1, 0.15) is 44.1 Å². The van der Waals surface area contributed by atoms with E-state index in [0.29, 0.717) is 30.2 Å². The highest BCUT2D eigenvalue weighted by Crippen LogP contribution is 2.30. The Hall–Kier alpha value is -4.07. The van der Waals surface area contributed by atoms with Gasteiger partial charge in [0.25, 0.3) is 0 Å². The predicted molar refractivity (Wildman–Crippen MR) is 139 cm³/mol. The standard InChI is InChI=1S/C25H33N9O2/c1-15-17(12-26)22(31-23(27)29-15)28-13-19-21(11-20-18(30-19)8-9-32(20)5)34-10-7-16(14-34)33(6)24(35)36-25(2,3)4/h8-9,11,16H,7,10,13-14H2,1-6H3,(H3,27,28,29,31). The normalized spacial score (nSPS) is 15.7. The molecule has 11 heteroatoms. The van der Waals surface area contributed by atoms with E-state index in [1.807, 2.05) is 44.6 Å². The molecular weight excluding hydrogens is 458 g/mol. The Kier molecular flexibility index (Phi) is 6.63. The highest BCUT2D eigenvalue weighted by Gasteiger charge is 2.32. The monoisotopic (exact) mass is 491 g/mol. The summed E-state index contributed by atoms with van der Waals surface area (Å²) in [6.45, 7) is 9.09. The molecule has 1 amide bonds. The SMILES string of the molecule is Cc1nc(N)nc(NCc2nc3ccn(C)c3cc2N2CCC(N(C)C(=O)OC(C)(C)C)C2)c1C#N. The molecule has 36 heavy (non-hydrogen) atoms. The van der Waals surface area contributed by atoms with Crippen molar-refractivity contribution in [1.82, 2.24) is 24.4 Å². The van der Waals surface area contributed by atoms with Crippen molar-refractivity contribution in [3.8, 4) is 6.07 Å². The summed E-state index contributed by atoms with van der Waals surface area (Å²) < 4.78 is 7.60. The largest absolute Gasteiger partial charge is 0.444 e. The van der Waals surface area contributed by atoms with Gasteiger partial charge in [-0.25, -0.2) is 14.8 Å². The van der Waals surface area contributed by atoms with Crippen LogP contribution >= 0.6 is 0 Å². The van der Waals surface area contributed by atoms with E-state index in [1.165, 1.54) is 0 Å². The lowest BCUT2D eigenvalue weighted by Gasteiger charge is -2.29. The fourth-order valence-electron chi connectivity index (χ4n) is 4.40. The molecule has 0 radical (unpaired) electrons. The molecule has 3 aromatic heterocycles. The molecule has 1 unspecified atom stereocenters. The minimum atomic E-state index is -0.547. The van der Waals surface area contributed by atoms with Crippen LogP contribution in [0.2, 0.25) is 0 Å². The number of anilines is 3. The number of aryl methyl sites for hydroxylation is 2. The molecule has 0 aromatic carbocycles. The maximum atomic E-state index is 12.6. The molecule has 1 atom stereocenters. The van der Waals surface area contributed by atoms with E-state index < -0.39 is 5.60 Å². The molecule has 0 saturated carbocycles. The third-order valence-corrected chi connectivity index (χ3v) is 6.30. The molecule has 3 N–H and O–H groups in total. The van der Waals surface area contributed by atoms with E-state index in [2.05, 4.69) is 32.3 Å². The van der Waals surface area contributed by atoms with Crippen molar-refractivity contribution >= 4 is 34.6 Å². The number of carbonyl (C=O) groups excluding carboxylic acids is 1. The number of nitrogens with one attached hydrogen (secondary N) is 1. The second-order valence-corrected chi connectivity index (χ2v) is 10.1. The second-order valence-electron chi connectivity index (χ2n) is 10.1. The Morgan fingerprint density at radius 1 is 1.36 bits per heavy atom. The number of hydrogen-bond donors (Lipinski definition) is 2. The van der Waals surface area contributed by atoms with Crippen molar-refractivity contribution in [2.45, 2.75) is 52.3 Å². The highest BCUT2D eigenvalue weighted by molar-refractivity contribution is 5.81. The summed E-state index contributed by atoms with van der Waals surface area (Å²) >= 11 is 0. The first-order chi connectivity index (χ1) is 17.0. The third-order valence-electron chi connectivity index (χ3n) is 6.30. The molecule has 3 aromatic rings. The number of fused-ring (bicyclic) bond motifs is 1. The summed E-state index contributed by atoms with van der Waals surface area (Å²) in [6.07, 6.45) is 2.46. The topological polar surface area (TPSA) is 138 Å². The summed E-state index contributed by atoms with van der Waals surface area (Å²) in [7, 11) is 3.77. The van der Waals surface area contributed by atoms with E-state index >= 15 is 0 Å². The van der Waals surface area contributed by atoms with Gasteiger partial charge in [0.05, 0.1) is 40.7 Å². The van der Waals surface area contributed by atoms with Gasteiger partial charge in [-0.3, -0.25) is 0 Å². The molecule has 11 nitrogen and oxygen atoms in total. The summed E-state index contributed by atoms with van der Waals surface area (Å²) in [5, 5.41) is 12.8. The van der Waals surface area contributed by atoms with Crippen LogP contribution in [0.3, 0.4) is 0 Å². The smallest absolute Gasteiger partial charge is 0.410 e. The minimum absolute atomic E-state index is 0.0132. The number of pyridine rings is 1. The van der Waals surface area contributed by atoms with Gasteiger partial charge in [0.1, 0.15) is 23.1 Å². The number of carbonyl (C=O) groups is 1. The van der Waals surface area contributed by atoms with Gasteiger partial charge in [-0.1, -0.05) is 0 Å². The van der Waals surface area contributed by atoms with E-state index in [9.17, 15) is 10.1 Å². The summed E-state index contributed by atoms with van der Waals surface area (Å²) in [5.74, 6) is 0.487. The van der Waals surface area contributed by atoms with Crippen LogP contribution in [0, 0.1) is 18.3 Å². The number of rotatable bonds is 5. The van der Waals surface area contributed by atoms with Gasteiger partial charge < -0.3 is 30.2 Å². The number of likely N-dealkylation sites (N-methyl/N-ethyl adjacent to an activating group) is 1. The van der Waals surface area contributed by atoms with Crippen molar-refractivity contribution in [3.63, 3.8) is 0 Å². The minimum Gasteiger partial charge on any atom is -0.444 e. The molecule has 190 valence electrons. The molecule has 0 spiro atoms. The van der Waals surface area contributed by atoms with Crippen LogP contribution in [0.4, 0.5) is 22.2 Å². The molecule has 0 aliphatic carbocycles. The first-order valence-electron chi connectivity index (χ1n) is 11.9. The Balaban J connectivity index is 1.61. The van der Waals surface area contributed by atoms with Gasteiger partial charge >= 0.3 is 6.09 Å². The van der Waals surface area contributed by atoms with Crippen LogP contribution in [0.25, 0.3) is 11.0 Å². The second kappa shape index (κ2) is 9.53. The highest BCUT2D eigenvalue weighted by atomic mass is 16.6. The first-order valence-corrected chi connectivity index (χ1v) is 11.9. The van der Waals surface area contributed by atoms with Gasteiger partial charge in [-0.05, 0) is 46.2 Å². The molecule has 1 aliphatic rings. The lowest BCUT2D eigenvalue weighted by atomic mass is 10.2. The summed E-state index contributed by atoms with van der Waals surface area (Å²) in [4.78, 5) is 29.8. The molecule has 1 saturated heterocycles. The Bertz CT molecular complexity index is 1340. The molecule has 1 aliphatic heterocycles. The summed E-state index contributed by atoms with van der Waals surface area (Å²) in [6, 6.07) is 6.26. The van der Waals surface area contributed by atoms with Crippen molar-refractivity contribution in [2.75, 3.05) is 36.1 Å². The number of nitriles is 1. The lowest BCUT2D eigenvalue weighted by Crippen LogP contribution is -2.42. The van der Waals surface area contributed by atoms with Crippen LogP contribution in [-0.4, -0.2) is 62.3 Å². The van der Waals surface area contributed by atoms with Crippen LogP contribution in [0.15, 0.2) is 18.3 Å². The maximum absolute atomic E-state index is 12.6. The van der Waals surface area contributed by atoms with E-state index in [-0.39, 0.29) is 18.1 Å². The first kappa shape index (κ1) is 25.0. The Morgan fingerprint density at radius 2 is 2.11 bits per heavy atom. The maximum Gasteiger partial charge on any atom is 0.410 e. The Labute approximate surface area is 210 Å². The average molecular weight is 492 g/mol. The molecular formula is C25H33N9O2. The average Bonchev–Trinajstić information content (AvgIpc) is 3.42. The molecule has 4 heterocycles. The van der Waals surface area contributed by atoms with Crippen LogP contribution in [0.5, 0.6) is 0 Å². The van der Waals surface area contributed by atoms with Gasteiger partial charge in [-0.15, -0.1) is 0 Å². The number of nitrogens with zero attached hydrogens (tertiary/aromatic N) is 7. The number of aromatic nitrogens is 4. The van der Waals surface area contributed by atoms with E-state index in [1.54, 1.807) is 18.9 Å². The fourth-order valence-corrected chi connectivity index (χ4v) is 4.40. The van der Waals surface area contributed by atoms with Crippen LogP contribution in [-0.2, 0) is 18.3 Å². The number of amides is 1. The van der Waals surface area contributed by atoms with Crippen molar-refractivity contribution in [1.29, 1.82) is 5.26 Å². The number of hydrogen-bond acceptors (Lipinski definition) is 9. The van der Waals surface area contributed by atoms with E-state index in [4.69, 9.17) is 15.5 Å². The van der Waals surface area contributed by atoms with Gasteiger partial charge in [0.15, 0.2) is 0 Å². The molecule has 0 bridgehead atoms. The number of nitrogen functional groups attached to an aromatic ring is 1. The van der Waals surface area contributed by atoms with Crippen molar-refractivity contribution < 1.29 is 9.53 Å². The van der Waals surface area contributed by atoms with Gasteiger partial charge in [0, 0.05) is 33.4 Å². The molecule has 1 fully saturated rings. The summed E-state index contributed by atoms with van der Waals surface area (Å²) in [5.41, 5.74) is 9.82. The fraction of sp³-hybridized carbons (Fsp3) is 0.480. The third kappa shape index (κ3) is 5.12. The Morgan fingerprint density at radius 3 is 2.81 bits per heavy atom. The van der Waals surface area contributed by atoms with Gasteiger partial charge in [0.2, 0.25) is 5.95 Å². The van der Waals surface area contributed by atoms with E-state index in [0.717, 1.165) is 35.4 Å². The zero-order valence-corrected chi connectivity index (χ0v) is 21.7. The van der Waals surface area contributed by atoms with Crippen LogP contribution < -0.4 is 16.0 Å². The quantitative estimate of drug-likeness (QED) is 0.551. The van der Waals surface area contributed by atoms with Crippen molar-refractivity contribution in [2.24, 2.45) is 7.05 Å². The number of nitrogens with two attached hydrogens (primary N) is 1. The molecule has 4 rings (SSSR count). The predicted octanol–water partition coefficient (Wildman–Crippen LogP) is 3.18. The lowest BCUT2D eigenvalue weighted by molar-refractivity contribution is 0.0238.